The Bertz CT molecular complexity index is 644. The maximum atomic E-state index is 11.2. The van der Waals surface area contributed by atoms with Gasteiger partial charge >= 0.3 is 0 Å². The zero-order valence-electron chi connectivity index (χ0n) is 11.2. The first-order valence-electron chi connectivity index (χ1n) is 6.51. The minimum absolute atomic E-state index is 0.0818. The molecule has 3 rings (SSSR count). The number of benzene rings is 1. The number of amides is 1. The van der Waals surface area contributed by atoms with Gasteiger partial charge in [0.1, 0.15) is 12.5 Å². The van der Waals surface area contributed by atoms with Crippen molar-refractivity contribution in [2.45, 2.75) is 12.6 Å². The zero-order valence-corrected chi connectivity index (χ0v) is 11.9. The van der Waals surface area contributed by atoms with Gasteiger partial charge in [0.25, 0.3) is 0 Å². The molecule has 0 aliphatic carbocycles. The van der Waals surface area contributed by atoms with Crippen molar-refractivity contribution in [3.63, 3.8) is 0 Å². The third kappa shape index (κ3) is 3.28. The maximum absolute atomic E-state index is 11.2. The Balaban J connectivity index is 1.62. The fraction of sp³-hybridized carbons (Fsp3) is 0.286. The van der Waals surface area contributed by atoms with E-state index in [0.29, 0.717) is 18.8 Å². The van der Waals surface area contributed by atoms with Gasteiger partial charge in [-0.05, 0) is 12.1 Å². The minimum Gasteiger partial charge on any atom is -0.486 e. The molecule has 1 amide bonds. The number of hydrogen-bond acceptors (Lipinski definition) is 4. The van der Waals surface area contributed by atoms with Crippen molar-refractivity contribution < 1.29 is 14.3 Å². The molecule has 0 saturated heterocycles. The number of nitrogens with zero attached hydrogens (tertiary/aromatic N) is 2. The van der Waals surface area contributed by atoms with Crippen LogP contribution in [0.2, 0.25) is 0 Å². The van der Waals surface area contributed by atoms with Crippen molar-refractivity contribution in [1.82, 2.24) is 9.78 Å². The van der Waals surface area contributed by atoms with E-state index in [4.69, 9.17) is 21.1 Å². The number of rotatable bonds is 4. The van der Waals surface area contributed by atoms with E-state index in [-0.39, 0.29) is 17.9 Å². The molecular weight excluding hydrogens is 294 g/mol. The number of aromatic nitrogens is 2. The molecule has 2 heterocycles. The highest BCUT2D eigenvalue weighted by atomic mass is 35.5. The molecule has 6 nitrogen and oxygen atoms in total. The van der Waals surface area contributed by atoms with Gasteiger partial charge < -0.3 is 14.8 Å². The highest BCUT2D eigenvalue weighted by molar-refractivity contribution is 6.29. The Morgan fingerprint density at radius 2 is 2.24 bits per heavy atom. The van der Waals surface area contributed by atoms with Crippen molar-refractivity contribution in [3.05, 3.63) is 36.7 Å². The molecule has 1 aromatic carbocycles. The molecule has 1 unspecified atom stereocenters. The summed E-state index contributed by atoms with van der Waals surface area (Å²) in [6.45, 7) is 0.991. The third-order valence-electron chi connectivity index (χ3n) is 3.00. The van der Waals surface area contributed by atoms with Crippen molar-refractivity contribution in [2.75, 3.05) is 17.8 Å². The molecule has 2 aromatic rings. The summed E-state index contributed by atoms with van der Waals surface area (Å²) in [5.74, 6) is 1.14. The van der Waals surface area contributed by atoms with E-state index >= 15 is 0 Å². The number of para-hydroxylation sites is 2. The topological polar surface area (TPSA) is 65.4 Å². The molecule has 1 N–H and O–H groups in total. The minimum atomic E-state index is -0.262. The lowest BCUT2D eigenvalue weighted by molar-refractivity contribution is -0.113. The van der Waals surface area contributed by atoms with Crippen LogP contribution < -0.4 is 14.8 Å². The van der Waals surface area contributed by atoms with Crippen LogP contribution in [0.5, 0.6) is 11.5 Å². The van der Waals surface area contributed by atoms with E-state index in [0.717, 1.165) is 11.5 Å². The molecule has 110 valence electrons. The van der Waals surface area contributed by atoms with Crippen molar-refractivity contribution in [1.29, 1.82) is 0 Å². The van der Waals surface area contributed by atoms with Gasteiger partial charge in [-0.3, -0.25) is 9.48 Å². The predicted octanol–water partition coefficient (Wildman–Crippen LogP) is 1.90. The molecule has 0 bridgehead atoms. The average Bonchev–Trinajstić information content (AvgIpc) is 2.94. The van der Waals surface area contributed by atoms with Gasteiger partial charge in [0.2, 0.25) is 5.91 Å². The van der Waals surface area contributed by atoms with Crippen LogP contribution in [0, 0.1) is 0 Å². The van der Waals surface area contributed by atoms with Crippen LogP contribution in [0.4, 0.5) is 5.69 Å². The van der Waals surface area contributed by atoms with Gasteiger partial charge in [-0.2, -0.15) is 5.10 Å². The molecular formula is C14H14ClN3O3. The van der Waals surface area contributed by atoms with Gasteiger partial charge in [-0.1, -0.05) is 12.1 Å². The number of hydrogen-bond donors (Lipinski definition) is 1. The Hall–Kier alpha value is -2.21. The van der Waals surface area contributed by atoms with Crippen molar-refractivity contribution in [2.24, 2.45) is 0 Å². The molecule has 1 atom stereocenters. The number of carbonyl (C=O) groups excluding carboxylic acids is 1. The lowest BCUT2D eigenvalue weighted by Crippen LogP contribution is -2.33. The molecule has 0 spiro atoms. The van der Waals surface area contributed by atoms with Crippen LogP contribution in [0.15, 0.2) is 36.7 Å². The van der Waals surface area contributed by atoms with E-state index in [9.17, 15) is 4.79 Å². The Kier molecular flexibility index (Phi) is 3.96. The summed E-state index contributed by atoms with van der Waals surface area (Å²) in [6, 6.07) is 7.55. The van der Waals surface area contributed by atoms with E-state index in [1.807, 2.05) is 24.3 Å². The van der Waals surface area contributed by atoms with Gasteiger partial charge in [-0.15, -0.1) is 11.6 Å². The lowest BCUT2D eigenvalue weighted by atomic mass is 10.2. The molecule has 1 aliphatic heterocycles. The Labute approximate surface area is 126 Å². The highest BCUT2D eigenvalue weighted by Crippen LogP contribution is 2.31. The van der Waals surface area contributed by atoms with Crippen LogP contribution in [0.3, 0.4) is 0 Å². The number of alkyl halides is 1. The summed E-state index contributed by atoms with van der Waals surface area (Å²) in [5.41, 5.74) is 0.609. The third-order valence-corrected chi connectivity index (χ3v) is 3.24. The number of nitrogens with one attached hydrogen (secondary N) is 1. The molecule has 0 fully saturated rings. The van der Waals surface area contributed by atoms with Crippen LogP contribution >= 0.6 is 11.6 Å². The second-order valence-electron chi connectivity index (χ2n) is 4.63. The van der Waals surface area contributed by atoms with E-state index in [1.54, 1.807) is 17.1 Å². The summed E-state index contributed by atoms with van der Waals surface area (Å²) in [6.07, 6.45) is 3.17. The van der Waals surface area contributed by atoms with Gasteiger partial charge in [-0.25, -0.2) is 0 Å². The Morgan fingerprint density at radius 1 is 1.43 bits per heavy atom. The largest absolute Gasteiger partial charge is 0.486 e. The number of anilines is 1. The molecule has 7 heteroatoms. The van der Waals surface area contributed by atoms with E-state index in [2.05, 4.69) is 10.4 Å². The summed E-state index contributed by atoms with van der Waals surface area (Å²) in [5, 5.41) is 6.82. The number of carbonyl (C=O) groups is 1. The predicted molar refractivity (Wildman–Crippen MR) is 77.9 cm³/mol. The van der Waals surface area contributed by atoms with Crippen LogP contribution in [0.25, 0.3) is 0 Å². The first kappa shape index (κ1) is 13.8. The fourth-order valence-corrected chi connectivity index (χ4v) is 2.15. The highest BCUT2D eigenvalue weighted by Gasteiger charge is 2.21. The summed E-state index contributed by atoms with van der Waals surface area (Å²) >= 11 is 5.44. The quantitative estimate of drug-likeness (QED) is 0.876. The smallest absolute Gasteiger partial charge is 0.239 e. The molecule has 0 saturated carbocycles. The summed E-state index contributed by atoms with van der Waals surface area (Å²) < 4.78 is 13.2. The molecule has 21 heavy (non-hydrogen) atoms. The lowest BCUT2D eigenvalue weighted by Gasteiger charge is -2.26. The van der Waals surface area contributed by atoms with Gasteiger partial charge in [0.15, 0.2) is 17.6 Å². The van der Waals surface area contributed by atoms with Crippen LogP contribution in [0.1, 0.15) is 0 Å². The van der Waals surface area contributed by atoms with Crippen LogP contribution in [-0.2, 0) is 11.3 Å². The first-order chi connectivity index (χ1) is 10.2. The monoisotopic (exact) mass is 307 g/mol. The second-order valence-corrected chi connectivity index (χ2v) is 4.90. The normalized spacial score (nSPS) is 16.5. The molecule has 1 aromatic heterocycles. The van der Waals surface area contributed by atoms with E-state index < -0.39 is 0 Å². The molecule has 0 radical (unpaired) electrons. The van der Waals surface area contributed by atoms with Gasteiger partial charge in [0, 0.05) is 6.20 Å². The van der Waals surface area contributed by atoms with E-state index in [1.165, 1.54) is 0 Å². The average molecular weight is 308 g/mol. The van der Waals surface area contributed by atoms with Crippen molar-refractivity contribution >= 4 is 23.2 Å². The zero-order chi connectivity index (χ0) is 14.7. The number of fused-ring (bicyclic) bond motifs is 1. The number of ether oxygens (including phenoxy) is 2. The Morgan fingerprint density at radius 3 is 3.05 bits per heavy atom. The van der Waals surface area contributed by atoms with Crippen molar-refractivity contribution in [3.8, 4) is 11.5 Å². The fourth-order valence-electron chi connectivity index (χ4n) is 2.08. The van der Waals surface area contributed by atoms with Gasteiger partial charge in [0.05, 0.1) is 18.4 Å². The van der Waals surface area contributed by atoms with Crippen LogP contribution in [-0.4, -0.2) is 34.3 Å². The number of halogens is 1. The first-order valence-corrected chi connectivity index (χ1v) is 7.05. The maximum Gasteiger partial charge on any atom is 0.239 e. The molecule has 1 aliphatic rings. The second kappa shape index (κ2) is 6.05. The standard InChI is InChI=1S/C14H14ClN3O3/c15-5-14(19)17-10-6-16-18(7-10)8-11-9-20-12-3-1-2-4-13(12)21-11/h1-4,6-7,11H,5,8-9H2,(H,17,19). The summed E-state index contributed by atoms with van der Waals surface area (Å²) in [7, 11) is 0. The SMILES string of the molecule is O=C(CCl)Nc1cnn(CC2COc3ccccc3O2)c1. The summed E-state index contributed by atoms with van der Waals surface area (Å²) in [4.78, 5) is 11.2.